The van der Waals surface area contributed by atoms with E-state index in [1.807, 2.05) is 29.5 Å². The minimum atomic E-state index is 0.125. The fourth-order valence-electron chi connectivity index (χ4n) is 3.45. The zero-order valence-electron chi connectivity index (χ0n) is 16.2. The highest BCUT2D eigenvalue weighted by molar-refractivity contribution is 7.27. The second-order valence-corrected chi connectivity index (χ2v) is 10.1. The first-order valence-electron chi connectivity index (χ1n) is 9.55. The van der Waals surface area contributed by atoms with Crippen LogP contribution < -0.4 is 0 Å². The van der Waals surface area contributed by atoms with Gasteiger partial charge in [0.1, 0.15) is 17.7 Å². The van der Waals surface area contributed by atoms with Crippen LogP contribution in [0.2, 0.25) is 0 Å². The Hall–Kier alpha value is -3.48. The fourth-order valence-corrected chi connectivity index (χ4v) is 6.64. The molecule has 2 aromatic carbocycles. The van der Waals surface area contributed by atoms with E-state index in [4.69, 9.17) is 10.5 Å². The fraction of sp³-hybridized carbons (Fsp3) is 0. The molecule has 31 heavy (non-hydrogen) atoms. The maximum Gasteiger partial charge on any atom is 0.131 e. The van der Waals surface area contributed by atoms with Gasteiger partial charge in [-0.15, -0.1) is 34.0 Å². The Morgan fingerprint density at radius 3 is 1.94 bits per heavy atom. The third-order valence-corrected chi connectivity index (χ3v) is 8.53. The molecule has 3 aromatic heterocycles. The lowest BCUT2D eigenvalue weighted by molar-refractivity contribution is 1.47. The summed E-state index contributed by atoms with van der Waals surface area (Å²) < 4.78 is 0. The Labute approximate surface area is 192 Å². The molecule has 0 saturated heterocycles. The zero-order valence-corrected chi connectivity index (χ0v) is 18.7. The van der Waals surface area contributed by atoms with Gasteiger partial charge in [0.2, 0.25) is 0 Å². The summed E-state index contributed by atoms with van der Waals surface area (Å²) in [5.74, 6) is 0. The van der Waals surface area contributed by atoms with Crippen LogP contribution in [-0.4, -0.2) is 0 Å². The summed E-state index contributed by atoms with van der Waals surface area (Å²) in [6.45, 7) is 0. The summed E-state index contributed by atoms with van der Waals surface area (Å²) in [5.41, 5.74) is 1.39. The van der Waals surface area contributed by atoms with Crippen molar-refractivity contribution in [2.45, 2.75) is 0 Å². The highest BCUT2D eigenvalue weighted by Gasteiger charge is 2.11. The average Bonchev–Trinajstić information content (AvgIpc) is 3.57. The molecule has 0 atom stereocenters. The Morgan fingerprint density at radius 1 is 0.613 bits per heavy atom. The quantitative estimate of drug-likeness (QED) is 0.258. The minimum absolute atomic E-state index is 0.125. The molecule has 0 bridgehead atoms. The predicted octanol–water partition coefficient (Wildman–Crippen LogP) is 8.46. The molecule has 5 heteroatoms. The van der Waals surface area contributed by atoms with Crippen molar-refractivity contribution in [3.05, 3.63) is 89.3 Å². The molecular weight excluding hydrogens is 437 g/mol. The van der Waals surface area contributed by atoms with E-state index in [0.717, 1.165) is 9.75 Å². The third-order valence-electron chi connectivity index (χ3n) is 4.91. The topological polar surface area (TPSA) is 47.6 Å². The molecule has 0 saturated carbocycles. The van der Waals surface area contributed by atoms with Gasteiger partial charge in [-0.25, -0.2) is 0 Å². The number of hydrogen-bond acceptors (Lipinski definition) is 5. The van der Waals surface area contributed by atoms with Crippen LogP contribution in [-0.2, 0) is 0 Å². The van der Waals surface area contributed by atoms with E-state index < -0.39 is 0 Å². The predicted molar refractivity (Wildman–Crippen MR) is 133 cm³/mol. The molecule has 0 aliphatic heterocycles. The van der Waals surface area contributed by atoms with Crippen molar-refractivity contribution in [3.63, 3.8) is 0 Å². The van der Waals surface area contributed by atoms with Crippen LogP contribution in [0.5, 0.6) is 0 Å². The number of thiophene rings is 3. The summed E-state index contributed by atoms with van der Waals surface area (Å²) in [6, 6.07) is 31.5. The molecule has 0 aliphatic rings. The zero-order chi connectivity index (χ0) is 21.2. The van der Waals surface area contributed by atoms with E-state index in [-0.39, 0.29) is 5.57 Å². The van der Waals surface area contributed by atoms with Gasteiger partial charge in [-0.05, 0) is 58.8 Å². The van der Waals surface area contributed by atoms with Gasteiger partial charge in [-0.3, -0.25) is 0 Å². The van der Waals surface area contributed by atoms with Crippen LogP contribution in [0.15, 0.2) is 84.4 Å². The van der Waals surface area contributed by atoms with Crippen molar-refractivity contribution in [1.29, 1.82) is 10.5 Å². The number of nitrogens with zero attached hydrogens (tertiary/aromatic N) is 2. The number of fused-ring (bicyclic) bond motifs is 1. The monoisotopic (exact) mass is 450 g/mol. The van der Waals surface area contributed by atoms with Crippen molar-refractivity contribution < 1.29 is 0 Å². The first-order chi connectivity index (χ1) is 15.2. The van der Waals surface area contributed by atoms with E-state index in [0.29, 0.717) is 0 Å². The van der Waals surface area contributed by atoms with Crippen molar-refractivity contribution in [2.24, 2.45) is 0 Å². The molecule has 3 heterocycles. The largest absolute Gasteiger partial charge is 0.192 e. The first-order valence-corrected chi connectivity index (χ1v) is 12.0. The van der Waals surface area contributed by atoms with Crippen molar-refractivity contribution >= 4 is 50.9 Å². The Balaban J connectivity index is 1.45. The highest BCUT2D eigenvalue weighted by atomic mass is 32.1. The summed E-state index contributed by atoms with van der Waals surface area (Å²) in [7, 11) is 0. The second-order valence-electron chi connectivity index (χ2n) is 6.84. The maximum atomic E-state index is 8.95. The van der Waals surface area contributed by atoms with E-state index >= 15 is 0 Å². The maximum absolute atomic E-state index is 8.95. The molecule has 146 valence electrons. The number of allylic oxidation sites excluding steroid dienone is 1. The second kappa shape index (κ2) is 8.34. The molecule has 0 radical (unpaired) electrons. The van der Waals surface area contributed by atoms with Gasteiger partial charge in [0, 0.05) is 29.3 Å². The molecule has 0 aliphatic carbocycles. The Kier molecular flexibility index (Phi) is 5.24. The summed E-state index contributed by atoms with van der Waals surface area (Å²) in [5, 5.41) is 20.4. The van der Waals surface area contributed by atoms with Crippen LogP contribution in [0.25, 0.3) is 46.8 Å². The van der Waals surface area contributed by atoms with Crippen molar-refractivity contribution in [1.82, 2.24) is 0 Å². The molecule has 0 unspecified atom stereocenters. The van der Waals surface area contributed by atoms with Gasteiger partial charge in [-0.2, -0.15) is 10.5 Å². The molecule has 5 rings (SSSR count). The van der Waals surface area contributed by atoms with E-state index in [1.165, 1.54) is 35.8 Å². The van der Waals surface area contributed by atoms with Crippen LogP contribution >= 0.6 is 34.0 Å². The SMILES string of the molecule is N#CC(C#N)=Cc1ccc(-c2ccc(-c3ccc(-c4cccc5ccccc45)s3)s2)s1. The van der Waals surface area contributed by atoms with Gasteiger partial charge < -0.3 is 0 Å². The van der Waals surface area contributed by atoms with Gasteiger partial charge in [0.15, 0.2) is 0 Å². The highest BCUT2D eigenvalue weighted by Crippen LogP contribution is 2.43. The van der Waals surface area contributed by atoms with Gasteiger partial charge >= 0.3 is 0 Å². The molecule has 2 nitrogen and oxygen atoms in total. The molecule has 5 aromatic rings. The normalized spacial score (nSPS) is 10.5. The lowest BCUT2D eigenvalue weighted by atomic mass is 10.0. The third kappa shape index (κ3) is 3.83. The molecule has 0 spiro atoms. The van der Waals surface area contributed by atoms with Gasteiger partial charge in [0.05, 0.1) is 0 Å². The number of hydrogen-bond donors (Lipinski definition) is 0. The van der Waals surface area contributed by atoms with Crippen molar-refractivity contribution in [2.75, 3.05) is 0 Å². The molecule has 0 amide bonds. The van der Waals surface area contributed by atoms with E-state index in [9.17, 15) is 0 Å². The summed E-state index contributed by atoms with van der Waals surface area (Å²) >= 11 is 5.17. The van der Waals surface area contributed by atoms with Crippen LogP contribution in [0, 0.1) is 22.7 Å². The van der Waals surface area contributed by atoms with Crippen molar-refractivity contribution in [3.8, 4) is 42.1 Å². The first kappa shape index (κ1) is 19.5. The lowest BCUT2D eigenvalue weighted by Gasteiger charge is -2.03. The number of rotatable bonds is 4. The lowest BCUT2D eigenvalue weighted by Crippen LogP contribution is -1.76. The number of nitriles is 2. The molecular formula is C26H14N2S3. The molecule has 0 N–H and O–H groups in total. The minimum Gasteiger partial charge on any atom is -0.192 e. The van der Waals surface area contributed by atoms with E-state index in [2.05, 4.69) is 72.8 Å². The van der Waals surface area contributed by atoms with Crippen LogP contribution in [0.4, 0.5) is 0 Å². The average molecular weight is 451 g/mol. The standard InChI is InChI=1S/C26H14N2S3/c27-15-17(16-28)14-19-8-9-23(29-19)24-12-13-26(31-24)25-11-10-22(30-25)21-7-3-5-18-4-1-2-6-20(18)21/h1-14H. The van der Waals surface area contributed by atoms with Crippen LogP contribution in [0.1, 0.15) is 4.88 Å². The Bertz CT molecular complexity index is 1490. The van der Waals surface area contributed by atoms with Crippen LogP contribution in [0.3, 0.4) is 0 Å². The summed E-state index contributed by atoms with van der Waals surface area (Å²) in [6.07, 6.45) is 1.64. The molecule has 0 fully saturated rings. The number of benzene rings is 2. The van der Waals surface area contributed by atoms with Gasteiger partial charge in [0.25, 0.3) is 0 Å². The smallest absolute Gasteiger partial charge is 0.131 e. The van der Waals surface area contributed by atoms with E-state index in [1.54, 1.807) is 28.7 Å². The Morgan fingerprint density at radius 2 is 1.19 bits per heavy atom. The van der Waals surface area contributed by atoms with Gasteiger partial charge in [-0.1, -0.05) is 42.5 Å². The summed E-state index contributed by atoms with van der Waals surface area (Å²) in [4.78, 5) is 7.01.